The highest BCUT2D eigenvalue weighted by Crippen LogP contribution is 2.15. The van der Waals surface area contributed by atoms with Crippen molar-refractivity contribution in [3.8, 4) is 5.69 Å². The quantitative estimate of drug-likeness (QED) is 0.568. The molecule has 0 aliphatic carbocycles. The van der Waals surface area contributed by atoms with Crippen molar-refractivity contribution in [3.63, 3.8) is 0 Å². The lowest BCUT2D eigenvalue weighted by Crippen LogP contribution is -2.26. The van der Waals surface area contributed by atoms with E-state index in [0.29, 0.717) is 12.1 Å². The van der Waals surface area contributed by atoms with Crippen LogP contribution in [0.3, 0.4) is 0 Å². The number of amides is 1. The molecule has 0 N–H and O–H groups in total. The second-order valence-corrected chi connectivity index (χ2v) is 6.16. The predicted molar refractivity (Wildman–Crippen MR) is 101 cm³/mol. The molecule has 0 fully saturated rings. The molecule has 0 atom stereocenters. The standard InChI is InChI=1S/C21H18N4O/c1-24(15-18-11-10-16-6-2-3-9-20(16)23-18)21(26)17-7-4-8-19(14-17)25-13-5-12-22-25/h2-14H,15H2,1H3. The van der Waals surface area contributed by atoms with Crippen molar-refractivity contribution in [1.82, 2.24) is 19.7 Å². The molecule has 0 unspecified atom stereocenters. The maximum absolute atomic E-state index is 12.8. The second kappa shape index (κ2) is 6.80. The highest BCUT2D eigenvalue weighted by atomic mass is 16.2. The van der Waals surface area contributed by atoms with Crippen LogP contribution in [0.2, 0.25) is 0 Å². The smallest absolute Gasteiger partial charge is 0.254 e. The zero-order valence-corrected chi connectivity index (χ0v) is 14.4. The molecular formula is C21H18N4O. The van der Waals surface area contributed by atoms with Crippen LogP contribution in [-0.2, 0) is 6.54 Å². The van der Waals surface area contributed by atoms with E-state index in [1.165, 1.54) is 0 Å². The number of nitrogens with zero attached hydrogens (tertiary/aromatic N) is 4. The molecule has 0 aliphatic heterocycles. The van der Waals surface area contributed by atoms with E-state index in [4.69, 9.17) is 0 Å². The number of benzene rings is 2. The van der Waals surface area contributed by atoms with Gasteiger partial charge in [0.05, 0.1) is 23.4 Å². The summed E-state index contributed by atoms with van der Waals surface area (Å²) in [6, 6.07) is 21.3. The van der Waals surface area contributed by atoms with Crippen LogP contribution in [0.15, 0.2) is 79.1 Å². The van der Waals surface area contributed by atoms with E-state index in [9.17, 15) is 4.79 Å². The molecule has 0 saturated heterocycles. The van der Waals surface area contributed by atoms with E-state index in [1.54, 1.807) is 22.8 Å². The molecule has 26 heavy (non-hydrogen) atoms. The third-order valence-electron chi connectivity index (χ3n) is 4.26. The Hall–Kier alpha value is -3.47. The summed E-state index contributed by atoms with van der Waals surface area (Å²) in [5.74, 6) is -0.0473. The fraction of sp³-hybridized carbons (Fsp3) is 0.0952. The average Bonchev–Trinajstić information content (AvgIpc) is 3.22. The van der Waals surface area contributed by atoms with Gasteiger partial charge in [0.15, 0.2) is 0 Å². The fourth-order valence-corrected chi connectivity index (χ4v) is 2.93. The molecule has 2 aromatic carbocycles. The van der Waals surface area contributed by atoms with Gasteiger partial charge in [-0.2, -0.15) is 5.10 Å². The van der Waals surface area contributed by atoms with Crippen LogP contribution in [0.1, 0.15) is 16.1 Å². The molecule has 0 radical (unpaired) electrons. The van der Waals surface area contributed by atoms with Gasteiger partial charge >= 0.3 is 0 Å². The lowest BCUT2D eigenvalue weighted by molar-refractivity contribution is 0.0783. The third-order valence-corrected chi connectivity index (χ3v) is 4.26. The van der Waals surface area contributed by atoms with Crippen molar-refractivity contribution < 1.29 is 4.79 Å². The summed E-state index contributed by atoms with van der Waals surface area (Å²) in [5.41, 5.74) is 3.29. The van der Waals surface area contributed by atoms with Gasteiger partial charge in [-0.15, -0.1) is 0 Å². The van der Waals surface area contributed by atoms with Gasteiger partial charge in [-0.3, -0.25) is 9.78 Å². The first-order chi connectivity index (χ1) is 12.7. The van der Waals surface area contributed by atoms with E-state index in [0.717, 1.165) is 22.3 Å². The molecule has 0 spiro atoms. The molecule has 128 valence electrons. The molecule has 0 saturated carbocycles. The first-order valence-corrected chi connectivity index (χ1v) is 8.41. The lowest BCUT2D eigenvalue weighted by Gasteiger charge is -2.17. The topological polar surface area (TPSA) is 51.0 Å². The molecule has 5 heteroatoms. The van der Waals surface area contributed by atoms with E-state index < -0.39 is 0 Å². The Bertz CT molecular complexity index is 1060. The van der Waals surface area contributed by atoms with Crippen molar-refractivity contribution >= 4 is 16.8 Å². The molecular weight excluding hydrogens is 324 g/mol. The van der Waals surface area contributed by atoms with Gasteiger partial charge in [0.25, 0.3) is 5.91 Å². The largest absolute Gasteiger partial charge is 0.336 e. The Balaban J connectivity index is 1.55. The summed E-state index contributed by atoms with van der Waals surface area (Å²) in [6.45, 7) is 0.454. The van der Waals surface area contributed by atoms with E-state index in [2.05, 4.69) is 10.1 Å². The van der Waals surface area contributed by atoms with Gasteiger partial charge in [0, 0.05) is 30.4 Å². The van der Waals surface area contributed by atoms with Crippen LogP contribution in [0.4, 0.5) is 0 Å². The summed E-state index contributed by atoms with van der Waals surface area (Å²) >= 11 is 0. The van der Waals surface area contributed by atoms with Crippen LogP contribution in [0.25, 0.3) is 16.6 Å². The SMILES string of the molecule is CN(Cc1ccc2ccccc2n1)C(=O)c1cccc(-n2cccn2)c1. The van der Waals surface area contributed by atoms with Crippen LogP contribution in [0, 0.1) is 0 Å². The van der Waals surface area contributed by atoms with Crippen molar-refractivity contribution in [2.45, 2.75) is 6.54 Å². The van der Waals surface area contributed by atoms with Gasteiger partial charge in [-0.25, -0.2) is 4.68 Å². The van der Waals surface area contributed by atoms with Crippen LogP contribution in [-0.4, -0.2) is 32.6 Å². The van der Waals surface area contributed by atoms with Gasteiger partial charge in [0.1, 0.15) is 0 Å². The number of pyridine rings is 1. The fourth-order valence-electron chi connectivity index (χ4n) is 2.93. The minimum Gasteiger partial charge on any atom is -0.336 e. The van der Waals surface area contributed by atoms with E-state index >= 15 is 0 Å². The monoisotopic (exact) mass is 342 g/mol. The summed E-state index contributed by atoms with van der Waals surface area (Å²) in [5, 5.41) is 5.30. The first-order valence-electron chi connectivity index (χ1n) is 8.41. The Morgan fingerprint density at radius 3 is 2.77 bits per heavy atom. The number of fused-ring (bicyclic) bond motifs is 1. The second-order valence-electron chi connectivity index (χ2n) is 6.16. The van der Waals surface area contributed by atoms with Crippen LogP contribution >= 0.6 is 0 Å². The van der Waals surface area contributed by atoms with Crippen molar-refractivity contribution in [3.05, 3.63) is 90.4 Å². The number of para-hydroxylation sites is 1. The van der Waals surface area contributed by atoms with Crippen LogP contribution < -0.4 is 0 Å². The minimum absolute atomic E-state index is 0.0473. The Labute approximate surface area is 151 Å². The highest BCUT2D eigenvalue weighted by molar-refractivity contribution is 5.94. The molecule has 4 rings (SSSR count). The lowest BCUT2D eigenvalue weighted by atomic mass is 10.1. The average molecular weight is 342 g/mol. The van der Waals surface area contributed by atoms with Crippen LogP contribution in [0.5, 0.6) is 0 Å². The molecule has 4 aromatic rings. The number of aromatic nitrogens is 3. The third kappa shape index (κ3) is 3.19. The summed E-state index contributed by atoms with van der Waals surface area (Å²) in [7, 11) is 1.79. The number of hydrogen-bond acceptors (Lipinski definition) is 3. The number of hydrogen-bond donors (Lipinski definition) is 0. The van der Waals surface area contributed by atoms with Gasteiger partial charge in [-0.1, -0.05) is 30.3 Å². The predicted octanol–water partition coefficient (Wildman–Crippen LogP) is 3.69. The Kier molecular flexibility index (Phi) is 4.19. The molecule has 5 nitrogen and oxygen atoms in total. The molecule has 2 aromatic heterocycles. The van der Waals surface area contributed by atoms with Crippen molar-refractivity contribution in [2.24, 2.45) is 0 Å². The first kappa shape index (κ1) is 16.0. The maximum Gasteiger partial charge on any atom is 0.254 e. The minimum atomic E-state index is -0.0473. The number of carbonyl (C=O) groups excluding carboxylic acids is 1. The zero-order chi connectivity index (χ0) is 17.9. The number of rotatable bonds is 4. The highest BCUT2D eigenvalue weighted by Gasteiger charge is 2.14. The zero-order valence-electron chi connectivity index (χ0n) is 14.4. The summed E-state index contributed by atoms with van der Waals surface area (Å²) in [6.07, 6.45) is 3.57. The Morgan fingerprint density at radius 2 is 1.92 bits per heavy atom. The molecule has 0 aliphatic rings. The molecule has 1 amide bonds. The van der Waals surface area contributed by atoms with E-state index in [-0.39, 0.29) is 5.91 Å². The van der Waals surface area contributed by atoms with Crippen molar-refractivity contribution in [2.75, 3.05) is 7.05 Å². The van der Waals surface area contributed by atoms with Crippen molar-refractivity contribution in [1.29, 1.82) is 0 Å². The van der Waals surface area contributed by atoms with Gasteiger partial charge in [-0.05, 0) is 36.4 Å². The molecule has 0 bridgehead atoms. The number of carbonyl (C=O) groups is 1. The van der Waals surface area contributed by atoms with Gasteiger partial charge < -0.3 is 4.90 Å². The normalized spacial score (nSPS) is 10.8. The summed E-state index contributed by atoms with van der Waals surface area (Å²) in [4.78, 5) is 19.1. The summed E-state index contributed by atoms with van der Waals surface area (Å²) < 4.78 is 1.74. The maximum atomic E-state index is 12.8. The van der Waals surface area contributed by atoms with E-state index in [1.807, 2.05) is 72.9 Å². The molecule has 2 heterocycles. The Morgan fingerprint density at radius 1 is 1.04 bits per heavy atom. The van der Waals surface area contributed by atoms with Gasteiger partial charge in [0.2, 0.25) is 0 Å².